The second-order valence-electron chi connectivity index (χ2n) is 4.67. The average Bonchev–Trinajstić information content (AvgIpc) is 3.20. The summed E-state index contributed by atoms with van der Waals surface area (Å²) in [7, 11) is 0. The first-order valence-electron chi connectivity index (χ1n) is 6.38. The van der Waals surface area contributed by atoms with Gasteiger partial charge in [-0.1, -0.05) is 0 Å². The van der Waals surface area contributed by atoms with E-state index >= 15 is 0 Å². The minimum Gasteiger partial charge on any atom is -0.494 e. The second-order valence-corrected chi connectivity index (χ2v) is 4.67. The van der Waals surface area contributed by atoms with E-state index in [1.54, 1.807) is 12.1 Å². The molecule has 1 N–H and O–H groups in total. The number of halogens is 1. The molecule has 1 saturated heterocycles. The fraction of sp³-hybridized carbons (Fsp3) is 0.571. The Morgan fingerprint density at radius 2 is 2.06 bits per heavy atom. The first-order chi connectivity index (χ1) is 8.78. The molecule has 1 aliphatic rings. The number of epoxide rings is 1. The van der Waals surface area contributed by atoms with Gasteiger partial charge in [0.15, 0.2) is 0 Å². The molecule has 1 fully saturated rings. The summed E-state index contributed by atoms with van der Waals surface area (Å²) in [6, 6.07) is 5.98. The number of rotatable bonds is 8. The third-order valence-corrected chi connectivity index (χ3v) is 3.17. The summed E-state index contributed by atoms with van der Waals surface area (Å²) in [5, 5.41) is 9.25. The SMILES string of the molecule is OC[C@@H](CCOc1ccc(F)cc1)CC[C@@H]1CO1. The molecular formula is C14H19FO3. The van der Waals surface area contributed by atoms with E-state index in [0.29, 0.717) is 18.5 Å². The van der Waals surface area contributed by atoms with Crippen molar-refractivity contribution in [3.63, 3.8) is 0 Å². The van der Waals surface area contributed by atoms with E-state index in [-0.39, 0.29) is 18.3 Å². The number of benzene rings is 1. The maximum atomic E-state index is 12.7. The van der Waals surface area contributed by atoms with E-state index in [9.17, 15) is 9.50 Å². The lowest BCUT2D eigenvalue weighted by Gasteiger charge is -2.14. The van der Waals surface area contributed by atoms with Gasteiger partial charge in [-0.2, -0.15) is 0 Å². The number of ether oxygens (including phenoxy) is 2. The predicted octanol–water partition coefficient (Wildman–Crippen LogP) is 2.38. The maximum absolute atomic E-state index is 12.7. The summed E-state index contributed by atoms with van der Waals surface area (Å²) in [6.07, 6.45) is 3.20. The van der Waals surface area contributed by atoms with Crippen LogP contribution in [0.1, 0.15) is 19.3 Å². The van der Waals surface area contributed by atoms with Gasteiger partial charge in [0.1, 0.15) is 11.6 Å². The van der Waals surface area contributed by atoms with Crippen LogP contribution < -0.4 is 4.74 Å². The smallest absolute Gasteiger partial charge is 0.123 e. The molecule has 0 aromatic heterocycles. The molecule has 1 aromatic carbocycles. The number of aliphatic hydroxyl groups excluding tert-OH is 1. The van der Waals surface area contributed by atoms with Gasteiger partial charge >= 0.3 is 0 Å². The highest BCUT2D eigenvalue weighted by Crippen LogP contribution is 2.21. The number of hydrogen-bond donors (Lipinski definition) is 1. The first-order valence-corrected chi connectivity index (χ1v) is 6.38. The molecule has 1 heterocycles. The minimum absolute atomic E-state index is 0.180. The molecule has 2 atom stereocenters. The Morgan fingerprint density at radius 1 is 1.33 bits per heavy atom. The van der Waals surface area contributed by atoms with Crippen molar-refractivity contribution in [2.75, 3.05) is 19.8 Å². The summed E-state index contributed by atoms with van der Waals surface area (Å²) < 4.78 is 23.3. The molecular weight excluding hydrogens is 235 g/mol. The van der Waals surface area contributed by atoms with E-state index in [1.165, 1.54) is 12.1 Å². The first kappa shape index (κ1) is 13.3. The van der Waals surface area contributed by atoms with Crippen molar-refractivity contribution in [2.24, 2.45) is 5.92 Å². The molecule has 0 aliphatic carbocycles. The zero-order chi connectivity index (χ0) is 12.8. The van der Waals surface area contributed by atoms with E-state index in [4.69, 9.17) is 9.47 Å². The molecule has 3 nitrogen and oxygen atoms in total. The summed E-state index contributed by atoms with van der Waals surface area (Å²) in [4.78, 5) is 0. The van der Waals surface area contributed by atoms with Gasteiger partial charge < -0.3 is 14.6 Å². The van der Waals surface area contributed by atoms with Crippen molar-refractivity contribution in [3.05, 3.63) is 30.1 Å². The van der Waals surface area contributed by atoms with Crippen LogP contribution in [0, 0.1) is 11.7 Å². The Balaban J connectivity index is 1.64. The summed E-state index contributed by atoms with van der Waals surface area (Å²) in [6.45, 7) is 1.59. The van der Waals surface area contributed by atoms with Crippen LogP contribution in [0.5, 0.6) is 5.75 Å². The average molecular weight is 254 g/mol. The maximum Gasteiger partial charge on any atom is 0.123 e. The normalized spacial score (nSPS) is 19.6. The molecule has 0 unspecified atom stereocenters. The quantitative estimate of drug-likeness (QED) is 0.724. The molecule has 1 aliphatic heterocycles. The Morgan fingerprint density at radius 3 is 2.67 bits per heavy atom. The van der Waals surface area contributed by atoms with E-state index < -0.39 is 0 Å². The standard InChI is InChI=1S/C14H19FO3/c15-12-2-5-13(6-3-12)17-8-7-11(9-16)1-4-14-10-18-14/h2-3,5-6,11,14,16H,1,4,7-10H2/t11-,14-/m1/s1. The van der Waals surface area contributed by atoms with Crippen molar-refractivity contribution in [1.29, 1.82) is 0 Å². The van der Waals surface area contributed by atoms with Crippen molar-refractivity contribution in [2.45, 2.75) is 25.4 Å². The van der Waals surface area contributed by atoms with Crippen molar-refractivity contribution in [1.82, 2.24) is 0 Å². The van der Waals surface area contributed by atoms with Gasteiger partial charge in [0, 0.05) is 6.61 Å². The van der Waals surface area contributed by atoms with E-state index in [2.05, 4.69) is 0 Å². The van der Waals surface area contributed by atoms with Gasteiger partial charge in [0.2, 0.25) is 0 Å². The Bertz CT molecular complexity index is 349. The fourth-order valence-corrected chi connectivity index (χ4v) is 1.86. The van der Waals surface area contributed by atoms with Gasteiger partial charge in [-0.05, 0) is 49.4 Å². The highest BCUT2D eigenvalue weighted by molar-refractivity contribution is 5.21. The van der Waals surface area contributed by atoms with Crippen LogP contribution in [0.25, 0.3) is 0 Å². The molecule has 0 saturated carbocycles. The van der Waals surface area contributed by atoms with Crippen LogP contribution in [0.15, 0.2) is 24.3 Å². The summed E-state index contributed by atoms with van der Waals surface area (Å²) >= 11 is 0. The van der Waals surface area contributed by atoms with Gasteiger partial charge in [-0.25, -0.2) is 4.39 Å². The van der Waals surface area contributed by atoms with Crippen molar-refractivity contribution < 1.29 is 19.0 Å². The molecule has 0 spiro atoms. The molecule has 4 heteroatoms. The number of aliphatic hydroxyl groups is 1. The van der Waals surface area contributed by atoms with Crippen molar-refractivity contribution >= 4 is 0 Å². The van der Waals surface area contributed by atoms with E-state index in [0.717, 1.165) is 25.9 Å². The molecule has 100 valence electrons. The highest BCUT2D eigenvalue weighted by Gasteiger charge is 2.23. The largest absolute Gasteiger partial charge is 0.494 e. The van der Waals surface area contributed by atoms with Gasteiger partial charge in [0.25, 0.3) is 0 Å². The van der Waals surface area contributed by atoms with Gasteiger partial charge in [-0.15, -0.1) is 0 Å². The third-order valence-electron chi connectivity index (χ3n) is 3.17. The monoisotopic (exact) mass is 254 g/mol. The molecule has 0 amide bonds. The van der Waals surface area contributed by atoms with Crippen LogP contribution in [-0.4, -0.2) is 31.0 Å². The Labute approximate surface area is 107 Å². The van der Waals surface area contributed by atoms with Crippen LogP contribution in [0.4, 0.5) is 4.39 Å². The fourth-order valence-electron chi connectivity index (χ4n) is 1.86. The number of hydrogen-bond acceptors (Lipinski definition) is 3. The molecule has 1 aromatic rings. The third kappa shape index (κ3) is 4.63. The lowest BCUT2D eigenvalue weighted by Crippen LogP contribution is -2.12. The zero-order valence-electron chi connectivity index (χ0n) is 10.3. The molecule has 0 bridgehead atoms. The lowest BCUT2D eigenvalue weighted by atomic mass is 10.00. The minimum atomic E-state index is -0.264. The van der Waals surface area contributed by atoms with E-state index in [1.807, 2.05) is 0 Å². The van der Waals surface area contributed by atoms with Crippen LogP contribution in [0.3, 0.4) is 0 Å². The predicted molar refractivity (Wildman–Crippen MR) is 66.1 cm³/mol. The van der Waals surface area contributed by atoms with Gasteiger partial charge in [-0.3, -0.25) is 0 Å². The topological polar surface area (TPSA) is 42.0 Å². The highest BCUT2D eigenvalue weighted by atomic mass is 19.1. The molecule has 0 radical (unpaired) electrons. The molecule has 2 rings (SSSR count). The summed E-state index contributed by atoms with van der Waals surface area (Å²) in [5.41, 5.74) is 0. The Kier molecular flexibility index (Phi) is 4.96. The lowest BCUT2D eigenvalue weighted by molar-refractivity contribution is 0.179. The van der Waals surface area contributed by atoms with Crippen molar-refractivity contribution in [3.8, 4) is 5.75 Å². The van der Waals surface area contributed by atoms with Crippen LogP contribution in [-0.2, 0) is 4.74 Å². The molecule has 18 heavy (non-hydrogen) atoms. The van der Waals surface area contributed by atoms with Crippen LogP contribution >= 0.6 is 0 Å². The Hall–Kier alpha value is -1.13. The second kappa shape index (κ2) is 6.71. The van der Waals surface area contributed by atoms with Crippen LogP contribution in [0.2, 0.25) is 0 Å². The van der Waals surface area contributed by atoms with Gasteiger partial charge in [0.05, 0.1) is 19.3 Å². The summed E-state index contributed by atoms with van der Waals surface area (Å²) in [5.74, 6) is 0.660. The zero-order valence-corrected chi connectivity index (χ0v) is 10.3.